The Kier molecular flexibility index (Phi) is 3.97. The van der Waals surface area contributed by atoms with E-state index < -0.39 is 11.6 Å². The molecule has 0 unspecified atom stereocenters. The highest BCUT2D eigenvalue weighted by Crippen LogP contribution is 2.44. The molecule has 0 spiro atoms. The van der Waals surface area contributed by atoms with Crippen molar-refractivity contribution in [2.24, 2.45) is 0 Å². The molecule has 164 valence electrons. The van der Waals surface area contributed by atoms with Crippen molar-refractivity contribution in [2.75, 3.05) is 13.8 Å². The molecular formula is C24H22N2O6. The van der Waals surface area contributed by atoms with Crippen molar-refractivity contribution in [1.82, 2.24) is 9.88 Å². The number of pyridine rings is 1. The molecule has 3 aromatic rings. The fourth-order valence-corrected chi connectivity index (χ4v) is 5.13. The normalized spacial score (nSPS) is 20.2. The van der Waals surface area contributed by atoms with Crippen LogP contribution in [-0.4, -0.2) is 29.5 Å². The van der Waals surface area contributed by atoms with Crippen LogP contribution in [0.15, 0.2) is 29.1 Å². The standard InChI is InChI=1S/C24H22N2O6/c1-3-24(29)18-7-19-14-4-12-5-20-21(32-11-31-20)6-13(12)15(8-25-2)16(14)9-26(19)22(27)17(18)10-30-23(24)28/h4-7,25,29H,3,8-11H2,1-2H3/t24-/m0/s1. The van der Waals surface area contributed by atoms with Crippen LogP contribution < -0.4 is 20.3 Å². The van der Waals surface area contributed by atoms with Crippen molar-refractivity contribution in [2.45, 2.75) is 38.6 Å². The molecule has 1 aromatic heterocycles. The molecule has 3 aliphatic heterocycles. The van der Waals surface area contributed by atoms with Crippen molar-refractivity contribution >= 4 is 16.7 Å². The van der Waals surface area contributed by atoms with Crippen LogP contribution in [0.4, 0.5) is 0 Å². The van der Waals surface area contributed by atoms with E-state index in [2.05, 4.69) is 5.32 Å². The molecular weight excluding hydrogens is 412 g/mol. The summed E-state index contributed by atoms with van der Waals surface area (Å²) in [5.74, 6) is 0.690. The molecule has 32 heavy (non-hydrogen) atoms. The number of carbonyl (C=O) groups is 1. The number of nitrogens with zero attached hydrogens (tertiary/aromatic N) is 1. The predicted molar refractivity (Wildman–Crippen MR) is 116 cm³/mol. The quantitative estimate of drug-likeness (QED) is 0.477. The SMILES string of the molecule is CC[C@@]1(O)C(=O)OCc2c1cc1n(c2=O)Cc2c-1cc1cc3c(cc1c2CNC)OCO3. The monoisotopic (exact) mass is 434 g/mol. The number of nitrogens with one attached hydrogen (secondary N) is 1. The Labute approximate surface area is 183 Å². The van der Waals surface area contributed by atoms with Gasteiger partial charge in [-0.25, -0.2) is 4.79 Å². The Balaban J connectivity index is 1.65. The zero-order chi connectivity index (χ0) is 22.2. The van der Waals surface area contributed by atoms with Gasteiger partial charge in [-0.05, 0) is 59.6 Å². The van der Waals surface area contributed by atoms with Crippen LogP contribution in [0.25, 0.3) is 22.0 Å². The number of aromatic nitrogens is 1. The first-order valence-corrected chi connectivity index (χ1v) is 10.7. The number of hydrogen-bond acceptors (Lipinski definition) is 7. The second-order valence-corrected chi connectivity index (χ2v) is 8.44. The van der Waals surface area contributed by atoms with E-state index in [1.54, 1.807) is 17.6 Å². The molecule has 0 radical (unpaired) electrons. The highest BCUT2D eigenvalue weighted by molar-refractivity contribution is 5.95. The van der Waals surface area contributed by atoms with Gasteiger partial charge < -0.3 is 29.2 Å². The molecule has 0 bridgehead atoms. The Hall–Kier alpha value is -3.36. The van der Waals surface area contributed by atoms with Gasteiger partial charge in [0.15, 0.2) is 17.1 Å². The minimum absolute atomic E-state index is 0.126. The second kappa shape index (κ2) is 6.57. The van der Waals surface area contributed by atoms with Gasteiger partial charge in [-0.3, -0.25) is 4.79 Å². The van der Waals surface area contributed by atoms with Crippen LogP contribution in [-0.2, 0) is 34.8 Å². The number of ether oxygens (including phenoxy) is 3. The molecule has 0 aliphatic carbocycles. The minimum atomic E-state index is -1.82. The van der Waals surface area contributed by atoms with Gasteiger partial charge >= 0.3 is 5.97 Å². The lowest BCUT2D eigenvalue weighted by molar-refractivity contribution is -0.172. The maximum absolute atomic E-state index is 13.4. The summed E-state index contributed by atoms with van der Waals surface area (Å²) in [5.41, 5.74) is 2.37. The Morgan fingerprint density at radius 1 is 1.09 bits per heavy atom. The maximum atomic E-state index is 13.4. The summed E-state index contributed by atoms with van der Waals surface area (Å²) in [5, 5.41) is 16.3. The first kappa shape index (κ1) is 19.3. The number of cyclic esters (lactones) is 1. The Morgan fingerprint density at radius 2 is 1.88 bits per heavy atom. The number of hydrogen-bond donors (Lipinski definition) is 2. The Morgan fingerprint density at radius 3 is 2.62 bits per heavy atom. The summed E-state index contributed by atoms with van der Waals surface area (Å²) in [7, 11) is 1.88. The van der Waals surface area contributed by atoms with E-state index in [4.69, 9.17) is 14.2 Å². The van der Waals surface area contributed by atoms with E-state index in [-0.39, 0.29) is 25.4 Å². The number of esters is 1. The van der Waals surface area contributed by atoms with Crippen molar-refractivity contribution in [3.05, 3.63) is 56.9 Å². The van der Waals surface area contributed by atoms with E-state index >= 15 is 0 Å². The van der Waals surface area contributed by atoms with Crippen LogP contribution in [0.2, 0.25) is 0 Å². The lowest BCUT2D eigenvalue weighted by atomic mass is 9.85. The molecule has 2 aromatic carbocycles. The van der Waals surface area contributed by atoms with Gasteiger partial charge in [0.1, 0.15) is 6.61 Å². The van der Waals surface area contributed by atoms with Gasteiger partial charge in [0.05, 0.1) is 17.8 Å². The van der Waals surface area contributed by atoms with E-state index in [1.807, 2.05) is 25.2 Å². The fraction of sp³-hybridized carbons (Fsp3) is 0.333. The topological polar surface area (TPSA) is 99.0 Å². The van der Waals surface area contributed by atoms with Gasteiger partial charge in [0.25, 0.3) is 5.56 Å². The van der Waals surface area contributed by atoms with Gasteiger partial charge in [-0.15, -0.1) is 0 Å². The van der Waals surface area contributed by atoms with Crippen LogP contribution in [0.3, 0.4) is 0 Å². The zero-order valence-corrected chi connectivity index (χ0v) is 17.8. The molecule has 0 amide bonds. The summed E-state index contributed by atoms with van der Waals surface area (Å²) in [6, 6.07) is 7.77. The zero-order valence-electron chi connectivity index (χ0n) is 17.8. The molecule has 0 fully saturated rings. The number of fused-ring (bicyclic) bond motifs is 6. The molecule has 0 saturated heterocycles. The van der Waals surface area contributed by atoms with Crippen LogP contribution in [0.5, 0.6) is 11.5 Å². The number of carbonyl (C=O) groups excluding carboxylic acids is 1. The predicted octanol–water partition coefficient (Wildman–Crippen LogP) is 2.13. The van der Waals surface area contributed by atoms with Crippen LogP contribution >= 0.6 is 0 Å². The van der Waals surface area contributed by atoms with Crippen LogP contribution in [0, 0.1) is 0 Å². The van der Waals surface area contributed by atoms with Gasteiger partial charge in [0, 0.05) is 17.7 Å². The lowest BCUT2D eigenvalue weighted by Gasteiger charge is -2.31. The van der Waals surface area contributed by atoms with Gasteiger partial charge in [0.2, 0.25) is 6.79 Å². The highest BCUT2D eigenvalue weighted by atomic mass is 16.7. The molecule has 0 saturated carbocycles. The summed E-state index contributed by atoms with van der Waals surface area (Å²) >= 11 is 0. The molecule has 1 atom stereocenters. The van der Waals surface area contributed by atoms with Crippen molar-refractivity contribution in [1.29, 1.82) is 0 Å². The van der Waals surface area contributed by atoms with Crippen molar-refractivity contribution < 1.29 is 24.1 Å². The third-order valence-corrected chi connectivity index (χ3v) is 6.85. The van der Waals surface area contributed by atoms with Crippen LogP contribution in [0.1, 0.15) is 35.6 Å². The average molecular weight is 434 g/mol. The van der Waals surface area contributed by atoms with Gasteiger partial charge in [-0.1, -0.05) is 6.92 Å². The first-order valence-electron chi connectivity index (χ1n) is 10.7. The smallest absolute Gasteiger partial charge is 0.343 e. The molecule has 2 N–H and O–H groups in total. The number of benzene rings is 2. The lowest BCUT2D eigenvalue weighted by Crippen LogP contribution is -2.44. The summed E-state index contributed by atoms with van der Waals surface area (Å²) in [6.07, 6.45) is 0.126. The fourth-order valence-electron chi connectivity index (χ4n) is 5.13. The van der Waals surface area contributed by atoms with Crippen molar-refractivity contribution in [3.8, 4) is 22.8 Å². The highest BCUT2D eigenvalue weighted by Gasteiger charge is 2.45. The minimum Gasteiger partial charge on any atom is -0.458 e. The number of aliphatic hydroxyl groups is 1. The maximum Gasteiger partial charge on any atom is 0.343 e. The Bertz CT molecular complexity index is 1390. The third-order valence-electron chi connectivity index (χ3n) is 6.85. The van der Waals surface area contributed by atoms with E-state index in [0.717, 1.165) is 27.5 Å². The second-order valence-electron chi connectivity index (χ2n) is 8.44. The molecule has 8 heteroatoms. The van der Waals surface area contributed by atoms with E-state index in [1.165, 1.54) is 0 Å². The summed E-state index contributed by atoms with van der Waals surface area (Å²) < 4.78 is 18.0. The molecule has 3 aliphatic rings. The van der Waals surface area contributed by atoms with Gasteiger partial charge in [-0.2, -0.15) is 0 Å². The third kappa shape index (κ3) is 2.39. The largest absolute Gasteiger partial charge is 0.458 e. The summed E-state index contributed by atoms with van der Waals surface area (Å²) in [6.45, 7) is 2.80. The molecule has 6 rings (SSSR count). The molecule has 4 heterocycles. The number of rotatable bonds is 3. The molecule has 8 nitrogen and oxygen atoms in total. The average Bonchev–Trinajstić information content (AvgIpc) is 3.40. The van der Waals surface area contributed by atoms with Crippen molar-refractivity contribution in [3.63, 3.8) is 0 Å². The van der Waals surface area contributed by atoms with E-state index in [9.17, 15) is 14.7 Å². The first-order chi connectivity index (χ1) is 15.5. The summed E-state index contributed by atoms with van der Waals surface area (Å²) in [4.78, 5) is 25.8. The van der Waals surface area contributed by atoms with E-state index in [0.29, 0.717) is 41.4 Å².